The average molecular weight is 473 g/mol. The number of hydrogen-bond acceptors (Lipinski definition) is 6. The van der Waals surface area contributed by atoms with E-state index in [0.717, 1.165) is 12.3 Å². The van der Waals surface area contributed by atoms with E-state index in [1.54, 1.807) is 11.8 Å². The van der Waals surface area contributed by atoms with Crippen LogP contribution >= 0.6 is 0 Å². The van der Waals surface area contributed by atoms with E-state index in [0.29, 0.717) is 5.82 Å². The fourth-order valence-electron chi connectivity index (χ4n) is 3.60. The van der Waals surface area contributed by atoms with Crippen LogP contribution in [-0.4, -0.2) is 61.6 Å². The molecule has 1 N–H and O–H groups in total. The molecule has 0 radical (unpaired) electrons. The molecule has 1 atom stereocenters. The van der Waals surface area contributed by atoms with Gasteiger partial charge in [-0.1, -0.05) is 0 Å². The van der Waals surface area contributed by atoms with Crippen LogP contribution in [0.2, 0.25) is 0 Å². The summed E-state index contributed by atoms with van der Waals surface area (Å²) in [7, 11) is -2.57. The highest BCUT2D eigenvalue weighted by atomic mass is 32.2. The second kappa shape index (κ2) is 8.94. The summed E-state index contributed by atoms with van der Waals surface area (Å²) in [6, 6.07) is 5.77. The number of benzene rings is 1. The normalized spacial score (nSPS) is 17.9. The molecule has 8 nitrogen and oxygen atoms in total. The molecule has 1 saturated heterocycles. The Balaban J connectivity index is 1.79. The second-order valence-electron chi connectivity index (χ2n) is 7.36. The van der Waals surface area contributed by atoms with E-state index >= 15 is 0 Å². The molecule has 1 aliphatic heterocycles. The van der Waals surface area contributed by atoms with E-state index in [9.17, 15) is 26.4 Å². The predicted octanol–water partition coefficient (Wildman–Crippen LogP) is 2.64. The van der Waals surface area contributed by atoms with E-state index in [1.807, 2.05) is 0 Å². The number of sulfonamides is 1. The summed E-state index contributed by atoms with van der Waals surface area (Å²) in [4.78, 5) is 16.7. The van der Waals surface area contributed by atoms with Gasteiger partial charge in [-0.3, -0.25) is 4.79 Å². The van der Waals surface area contributed by atoms with Crippen LogP contribution in [0.5, 0.6) is 5.75 Å². The highest BCUT2D eigenvalue weighted by molar-refractivity contribution is 7.89. The number of carbonyl (C=O) groups is 1. The number of halogens is 3. The largest absolute Gasteiger partial charge is 0.496 e. The third-order valence-corrected chi connectivity index (χ3v) is 7.18. The van der Waals surface area contributed by atoms with Crippen LogP contribution in [-0.2, 0) is 27.4 Å². The highest BCUT2D eigenvalue weighted by Crippen LogP contribution is 2.31. The third-order valence-electron chi connectivity index (χ3n) is 5.17. The minimum Gasteiger partial charge on any atom is -0.496 e. The number of piperazine rings is 1. The number of aliphatic carboxylic acids is 1. The average Bonchev–Trinajstić information content (AvgIpc) is 2.72. The van der Waals surface area contributed by atoms with Crippen molar-refractivity contribution in [3.63, 3.8) is 0 Å². The van der Waals surface area contributed by atoms with Crippen molar-refractivity contribution in [1.82, 2.24) is 9.29 Å². The molecule has 0 aliphatic carbocycles. The van der Waals surface area contributed by atoms with Crippen molar-refractivity contribution in [2.75, 3.05) is 31.6 Å². The maximum atomic E-state index is 13.2. The van der Waals surface area contributed by atoms with Crippen LogP contribution in [0.1, 0.15) is 18.1 Å². The lowest BCUT2D eigenvalue weighted by molar-refractivity contribution is -0.138. The zero-order chi connectivity index (χ0) is 23.7. The van der Waals surface area contributed by atoms with Crippen molar-refractivity contribution < 1.29 is 36.2 Å². The molecule has 1 fully saturated rings. The summed E-state index contributed by atoms with van der Waals surface area (Å²) in [6.07, 6.45) is -4.12. The monoisotopic (exact) mass is 473 g/mol. The van der Waals surface area contributed by atoms with E-state index in [-0.39, 0.29) is 35.8 Å². The molecular weight excluding hydrogens is 451 g/mol. The molecule has 1 aromatic carbocycles. The number of anilines is 1. The molecule has 0 saturated carbocycles. The van der Waals surface area contributed by atoms with Crippen LogP contribution in [0.4, 0.5) is 19.0 Å². The summed E-state index contributed by atoms with van der Waals surface area (Å²) in [6.45, 7) is 2.25. The van der Waals surface area contributed by atoms with Crippen LogP contribution < -0.4 is 9.64 Å². The van der Waals surface area contributed by atoms with Crippen LogP contribution in [0.25, 0.3) is 0 Å². The van der Waals surface area contributed by atoms with Crippen molar-refractivity contribution in [3.05, 3.63) is 47.7 Å². The van der Waals surface area contributed by atoms with Gasteiger partial charge in [-0.15, -0.1) is 0 Å². The first-order chi connectivity index (χ1) is 14.9. The maximum Gasteiger partial charge on any atom is 0.417 e. The molecule has 0 bridgehead atoms. The highest BCUT2D eigenvalue weighted by Gasteiger charge is 2.35. The molecule has 0 spiro atoms. The van der Waals surface area contributed by atoms with Gasteiger partial charge in [-0.2, -0.15) is 17.5 Å². The fourth-order valence-corrected chi connectivity index (χ4v) is 5.26. The number of carboxylic acid groups (broad SMARTS) is 1. The number of aromatic nitrogens is 1. The Morgan fingerprint density at radius 3 is 2.50 bits per heavy atom. The Morgan fingerprint density at radius 2 is 1.97 bits per heavy atom. The first-order valence-electron chi connectivity index (χ1n) is 9.62. The Morgan fingerprint density at radius 1 is 1.25 bits per heavy atom. The first kappa shape index (κ1) is 23.8. The minimum atomic E-state index is -4.48. The zero-order valence-electron chi connectivity index (χ0n) is 17.3. The molecule has 1 unspecified atom stereocenters. The Hall–Kier alpha value is -2.86. The number of pyridine rings is 1. The van der Waals surface area contributed by atoms with Gasteiger partial charge in [-0.25, -0.2) is 13.4 Å². The van der Waals surface area contributed by atoms with Crippen molar-refractivity contribution in [3.8, 4) is 5.75 Å². The summed E-state index contributed by atoms with van der Waals surface area (Å²) in [5, 5.41) is 9.08. The Kier molecular flexibility index (Phi) is 6.65. The zero-order valence-corrected chi connectivity index (χ0v) is 18.2. The van der Waals surface area contributed by atoms with E-state index < -0.39 is 40.2 Å². The molecule has 2 aromatic rings. The number of ether oxygens (including phenoxy) is 1. The quantitative estimate of drug-likeness (QED) is 0.689. The summed E-state index contributed by atoms with van der Waals surface area (Å²) in [5.74, 6) is -0.517. The van der Waals surface area contributed by atoms with Crippen LogP contribution in [0, 0.1) is 0 Å². The van der Waals surface area contributed by atoms with Crippen LogP contribution in [0.15, 0.2) is 41.4 Å². The summed E-state index contributed by atoms with van der Waals surface area (Å²) < 4.78 is 71.1. The first-order valence-corrected chi connectivity index (χ1v) is 11.1. The lowest BCUT2D eigenvalue weighted by Crippen LogP contribution is -2.54. The van der Waals surface area contributed by atoms with Gasteiger partial charge in [-0.05, 0) is 37.3 Å². The molecule has 32 heavy (non-hydrogen) atoms. The van der Waals surface area contributed by atoms with Gasteiger partial charge in [0, 0.05) is 37.4 Å². The molecule has 12 heteroatoms. The van der Waals surface area contributed by atoms with Gasteiger partial charge < -0.3 is 14.7 Å². The number of carboxylic acids is 1. The smallest absolute Gasteiger partial charge is 0.417 e. The molecule has 174 valence electrons. The Bertz CT molecular complexity index is 1090. The fraction of sp³-hybridized carbons (Fsp3) is 0.400. The Labute approximate surface area is 183 Å². The van der Waals surface area contributed by atoms with Crippen molar-refractivity contribution in [2.24, 2.45) is 0 Å². The molecule has 3 rings (SSSR count). The maximum absolute atomic E-state index is 13.2. The lowest BCUT2D eigenvalue weighted by atomic mass is 10.1. The SMILES string of the molecule is COc1ccc(S(=O)(=O)N2CCN(c3ccc(C(F)(F)F)cn3)CC2C)cc1CC(=O)O. The lowest BCUT2D eigenvalue weighted by Gasteiger charge is -2.39. The topological polar surface area (TPSA) is 100 Å². The standard InChI is InChI=1S/C20H22F3N3O5S/c1-13-12-25(18-6-3-15(11-24-18)20(21,22)23)7-8-26(13)32(29,30)16-4-5-17(31-2)14(9-16)10-19(27)28/h3-6,9,11,13H,7-8,10,12H2,1-2H3,(H,27,28). The van der Waals surface area contributed by atoms with Gasteiger partial charge in [0.05, 0.1) is 24.0 Å². The van der Waals surface area contributed by atoms with Gasteiger partial charge in [0.15, 0.2) is 0 Å². The number of rotatable bonds is 6. The van der Waals surface area contributed by atoms with Gasteiger partial charge >= 0.3 is 12.1 Å². The van der Waals surface area contributed by atoms with Crippen LogP contribution in [0.3, 0.4) is 0 Å². The van der Waals surface area contributed by atoms with Crippen molar-refractivity contribution in [2.45, 2.75) is 30.5 Å². The van der Waals surface area contributed by atoms with E-state index in [2.05, 4.69) is 4.98 Å². The minimum absolute atomic E-state index is 0.0532. The molecule has 0 amide bonds. The van der Waals surface area contributed by atoms with Crippen molar-refractivity contribution >= 4 is 21.8 Å². The van der Waals surface area contributed by atoms with Crippen molar-refractivity contribution in [1.29, 1.82) is 0 Å². The summed E-state index contributed by atoms with van der Waals surface area (Å²) >= 11 is 0. The predicted molar refractivity (Wildman–Crippen MR) is 109 cm³/mol. The van der Waals surface area contributed by atoms with Gasteiger partial charge in [0.1, 0.15) is 11.6 Å². The van der Waals surface area contributed by atoms with Gasteiger partial charge in [0.2, 0.25) is 10.0 Å². The molecule has 1 aliphatic rings. The number of nitrogens with zero attached hydrogens (tertiary/aromatic N) is 3. The van der Waals surface area contributed by atoms with E-state index in [4.69, 9.17) is 9.84 Å². The van der Waals surface area contributed by atoms with Gasteiger partial charge in [0.25, 0.3) is 0 Å². The third kappa shape index (κ3) is 4.96. The number of hydrogen-bond donors (Lipinski definition) is 1. The second-order valence-corrected chi connectivity index (χ2v) is 9.25. The summed E-state index contributed by atoms with van der Waals surface area (Å²) in [5.41, 5.74) is -0.617. The van der Waals surface area contributed by atoms with E-state index in [1.165, 1.54) is 35.7 Å². The number of methoxy groups -OCH3 is 1. The molecule has 2 heterocycles. The molecule has 1 aromatic heterocycles. The number of alkyl halides is 3. The molecular formula is C20H22F3N3O5S.